The van der Waals surface area contributed by atoms with Crippen LogP contribution in [0.3, 0.4) is 0 Å². The number of amides is 1. The van der Waals surface area contributed by atoms with Crippen LogP contribution in [0.4, 0.5) is 0 Å². The van der Waals surface area contributed by atoms with Crippen LogP contribution in [-0.2, 0) is 11.3 Å². The summed E-state index contributed by atoms with van der Waals surface area (Å²) in [5, 5.41) is 3.97. The van der Waals surface area contributed by atoms with Crippen LogP contribution < -0.4 is 0 Å². The van der Waals surface area contributed by atoms with E-state index in [4.69, 9.17) is 4.42 Å². The fraction of sp³-hybridized carbons (Fsp3) is 0.227. The van der Waals surface area contributed by atoms with Crippen molar-refractivity contribution in [3.05, 3.63) is 65.2 Å². The third-order valence-corrected chi connectivity index (χ3v) is 6.51. The molecule has 1 aromatic carbocycles. The number of furan rings is 1. The summed E-state index contributed by atoms with van der Waals surface area (Å²) in [6.07, 6.45) is 1.57. The van der Waals surface area contributed by atoms with Gasteiger partial charge in [-0.1, -0.05) is 41.6 Å². The van der Waals surface area contributed by atoms with Gasteiger partial charge >= 0.3 is 0 Å². The second-order valence-electron chi connectivity index (χ2n) is 6.93. The standard InChI is InChI=1S/C22H21N3O2S2/c1-14-4-7-16(8-5-14)18-11-28-21-20(18)22(24-13-23-21)29-12-19(26)25(3)10-17-9-6-15(2)27-17/h4-9,11,13H,10,12H2,1-3H3. The molecular weight excluding hydrogens is 402 g/mol. The van der Waals surface area contributed by atoms with Gasteiger partial charge in [0, 0.05) is 18.0 Å². The number of aromatic nitrogens is 2. The summed E-state index contributed by atoms with van der Waals surface area (Å²) in [6, 6.07) is 12.2. The maximum absolute atomic E-state index is 12.6. The van der Waals surface area contributed by atoms with Crippen molar-refractivity contribution in [1.29, 1.82) is 0 Å². The Bertz CT molecular complexity index is 1150. The highest BCUT2D eigenvalue weighted by atomic mass is 32.2. The summed E-state index contributed by atoms with van der Waals surface area (Å²) in [6.45, 7) is 4.43. The minimum Gasteiger partial charge on any atom is -0.464 e. The van der Waals surface area contributed by atoms with Gasteiger partial charge in [0.25, 0.3) is 0 Å². The summed E-state index contributed by atoms with van der Waals surface area (Å²) in [7, 11) is 1.79. The van der Waals surface area contributed by atoms with Crippen molar-refractivity contribution in [1.82, 2.24) is 14.9 Å². The molecule has 7 heteroatoms. The minimum absolute atomic E-state index is 0.0305. The predicted molar refractivity (Wildman–Crippen MR) is 118 cm³/mol. The van der Waals surface area contributed by atoms with E-state index in [1.807, 2.05) is 19.1 Å². The van der Waals surface area contributed by atoms with Crippen LogP contribution in [0.15, 0.2) is 57.5 Å². The van der Waals surface area contributed by atoms with Crippen LogP contribution in [0.5, 0.6) is 0 Å². The number of fused-ring (bicyclic) bond motifs is 1. The fourth-order valence-electron chi connectivity index (χ4n) is 3.04. The number of hydrogen-bond acceptors (Lipinski definition) is 6. The molecule has 3 aromatic heterocycles. The molecule has 0 aliphatic heterocycles. The monoisotopic (exact) mass is 423 g/mol. The van der Waals surface area contributed by atoms with E-state index in [0.717, 1.165) is 37.9 Å². The maximum Gasteiger partial charge on any atom is 0.233 e. The Hall–Kier alpha value is -2.64. The molecule has 0 fully saturated rings. The second-order valence-corrected chi connectivity index (χ2v) is 8.75. The molecule has 0 radical (unpaired) electrons. The van der Waals surface area contributed by atoms with Gasteiger partial charge in [-0.15, -0.1) is 11.3 Å². The van der Waals surface area contributed by atoms with E-state index in [0.29, 0.717) is 12.3 Å². The molecule has 0 unspecified atom stereocenters. The molecular formula is C22H21N3O2S2. The van der Waals surface area contributed by atoms with E-state index < -0.39 is 0 Å². The number of benzene rings is 1. The highest BCUT2D eigenvalue weighted by Gasteiger charge is 2.17. The Kier molecular flexibility index (Phi) is 5.69. The van der Waals surface area contributed by atoms with Gasteiger partial charge in [-0.2, -0.15) is 0 Å². The average Bonchev–Trinajstić information content (AvgIpc) is 3.33. The first kappa shape index (κ1) is 19.7. The van der Waals surface area contributed by atoms with Gasteiger partial charge < -0.3 is 9.32 Å². The summed E-state index contributed by atoms with van der Waals surface area (Å²) >= 11 is 3.05. The van der Waals surface area contributed by atoms with Gasteiger partial charge in [0.1, 0.15) is 27.7 Å². The molecule has 0 aliphatic carbocycles. The molecule has 0 bridgehead atoms. The molecule has 148 valence electrons. The Balaban J connectivity index is 1.52. The second kappa shape index (κ2) is 8.39. The van der Waals surface area contributed by atoms with Crippen molar-refractivity contribution in [2.24, 2.45) is 0 Å². The molecule has 3 heterocycles. The summed E-state index contributed by atoms with van der Waals surface area (Å²) in [4.78, 5) is 24.1. The van der Waals surface area contributed by atoms with Gasteiger partial charge in [-0.05, 0) is 31.5 Å². The lowest BCUT2D eigenvalue weighted by atomic mass is 10.1. The number of nitrogens with zero attached hydrogens (tertiary/aromatic N) is 3. The first-order chi connectivity index (χ1) is 14.0. The number of carbonyl (C=O) groups excluding carboxylic acids is 1. The predicted octanol–water partition coefficient (Wildman–Crippen LogP) is 5.32. The molecule has 0 N–H and O–H groups in total. The van der Waals surface area contributed by atoms with Crippen molar-refractivity contribution < 1.29 is 9.21 Å². The van der Waals surface area contributed by atoms with Crippen molar-refractivity contribution in [3.8, 4) is 11.1 Å². The number of carbonyl (C=O) groups is 1. The SMILES string of the molecule is Cc1ccc(-c2csc3ncnc(SCC(=O)N(C)Cc4ccc(C)o4)c23)cc1. The fourth-order valence-corrected chi connectivity index (χ4v) is 4.97. The van der Waals surface area contributed by atoms with Gasteiger partial charge in [-0.25, -0.2) is 9.97 Å². The molecule has 0 atom stereocenters. The van der Waals surface area contributed by atoms with Crippen LogP contribution in [-0.4, -0.2) is 33.6 Å². The van der Waals surface area contributed by atoms with E-state index in [2.05, 4.69) is 46.5 Å². The lowest BCUT2D eigenvalue weighted by Gasteiger charge is -2.15. The van der Waals surface area contributed by atoms with Crippen LogP contribution >= 0.6 is 23.1 Å². The first-order valence-electron chi connectivity index (χ1n) is 9.22. The Morgan fingerprint density at radius 1 is 1.14 bits per heavy atom. The molecule has 0 spiro atoms. The van der Waals surface area contributed by atoms with Crippen LogP contribution in [0.25, 0.3) is 21.3 Å². The normalized spacial score (nSPS) is 11.1. The minimum atomic E-state index is 0.0305. The van der Waals surface area contributed by atoms with Gasteiger partial charge in [0.15, 0.2) is 0 Å². The lowest BCUT2D eigenvalue weighted by molar-refractivity contribution is -0.127. The van der Waals surface area contributed by atoms with E-state index in [9.17, 15) is 4.79 Å². The smallest absolute Gasteiger partial charge is 0.233 e. The number of aryl methyl sites for hydroxylation is 2. The number of hydrogen-bond donors (Lipinski definition) is 0. The molecule has 4 aromatic rings. The topological polar surface area (TPSA) is 59.2 Å². The Morgan fingerprint density at radius 2 is 1.93 bits per heavy atom. The molecule has 1 amide bonds. The van der Waals surface area contributed by atoms with Crippen LogP contribution in [0.2, 0.25) is 0 Å². The molecule has 0 saturated heterocycles. The first-order valence-corrected chi connectivity index (χ1v) is 11.1. The van der Waals surface area contributed by atoms with Gasteiger partial charge in [-0.3, -0.25) is 4.79 Å². The molecule has 0 saturated carbocycles. The molecule has 4 rings (SSSR count). The lowest BCUT2D eigenvalue weighted by Crippen LogP contribution is -2.27. The van der Waals surface area contributed by atoms with Crippen LogP contribution in [0, 0.1) is 13.8 Å². The highest BCUT2D eigenvalue weighted by Crippen LogP contribution is 2.37. The zero-order chi connectivity index (χ0) is 20.4. The van der Waals surface area contributed by atoms with Crippen molar-refractivity contribution in [2.45, 2.75) is 25.4 Å². The van der Waals surface area contributed by atoms with E-state index in [-0.39, 0.29) is 5.91 Å². The largest absolute Gasteiger partial charge is 0.464 e. The number of thioether (sulfide) groups is 1. The number of thiophene rings is 1. The van der Waals surface area contributed by atoms with E-state index in [1.54, 1.807) is 29.6 Å². The Morgan fingerprint density at radius 3 is 2.66 bits per heavy atom. The molecule has 29 heavy (non-hydrogen) atoms. The summed E-state index contributed by atoms with van der Waals surface area (Å²) < 4.78 is 5.57. The third kappa shape index (κ3) is 4.36. The summed E-state index contributed by atoms with van der Waals surface area (Å²) in [5.74, 6) is 1.97. The van der Waals surface area contributed by atoms with Gasteiger partial charge in [0.2, 0.25) is 5.91 Å². The molecule has 0 aliphatic rings. The van der Waals surface area contributed by atoms with Gasteiger partial charge in [0.05, 0.1) is 17.7 Å². The third-order valence-electron chi connectivity index (χ3n) is 4.65. The van der Waals surface area contributed by atoms with Crippen molar-refractivity contribution >= 4 is 39.2 Å². The zero-order valence-electron chi connectivity index (χ0n) is 16.5. The zero-order valence-corrected chi connectivity index (χ0v) is 18.1. The highest BCUT2D eigenvalue weighted by molar-refractivity contribution is 8.00. The van der Waals surface area contributed by atoms with Crippen molar-refractivity contribution in [3.63, 3.8) is 0 Å². The van der Waals surface area contributed by atoms with Crippen LogP contribution in [0.1, 0.15) is 17.1 Å². The summed E-state index contributed by atoms with van der Waals surface area (Å²) in [5.41, 5.74) is 3.47. The van der Waals surface area contributed by atoms with E-state index >= 15 is 0 Å². The molecule has 5 nitrogen and oxygen atoms in total. The Labute approximate surface area is 177 Å². The van der Waals surface area contributed by atoms with Crippen molar-refractivity contribution in [2.75, 3.05) is 12.8 Å². The quantitative estimate of drug-likeness (QED) is 0.310. The number of rotatable bonds is 6. The average molecular weight is 424 g/mol. The van der Waals surface area contributed by atoms with E-state index in [1.165, 1.54) is 17.3 Å². The maximum atomic E-state index is 12.6.